The van der Waals surface area contributed by atoms with E-state index in [-0.39, 0.29) is 0 Å². The van der Waals surface area contributed by atoms with Crippen molar-refractivity contribution in [3.63, 3.8) is 0 Å². The molecule has 0 saturated heterocycles. The molecule has 0 spiro atoms. The topological polar surface area (TPSA) is 26.0 Å². The highest BCUT2D eigenvalue weighted by atomic mass is 14.5. The molecule has 64 valence electrons. The standard InChI is InChI=1S/C11H15N/c1-11(2)6-5-8-3-4-9(12)7-10(8)11/h3-4,7H,5-6,12H2,1-2H3. The van der Waals surface area contributed by atoms with Crippen LogP contribution in [0.25, 0.3) is 0 Å². The highest BCUT2D eigenvalue weighted by Crippen LogP contribution is 2.38. The Labute approximate surface area is 73.6 Å². The first-order valence-corrected chi connectivity index (χ1v) is 4.48. The van der Waals surface area contributed by atoms with Gasteiger partial charge >= 0.3 is 0 Å². The maximum atomic E-state index is 5.75. The molecular formula is C11H15N. The number of hydrogen-bond acceptors (Lipinski definition) is 1. The second kappa shape index (κ2) is 2.25. The Kier molecular flexibility index (Phi) is 1.44. The van der Waals surface area contributed by atoms with E-state index in [4.69, 9.17) is 5.73 Å². The summed E-state index contributed by atoms with van der Waals surface area (Å²) in [6.07, 6.45) is 2.47. The molecule has 0 radical (unpaired) electrons. The maximum Gasteiger partial charge on any atom is 0.0317 e. The van der Waals surface area contributed by atoms with Crippen molar-refractivity contribution in [2.24, 2.45) is 0 Å². The molecule has 0 saturated carbocycles. The van der Waals surface area contributed by atoms with Crippen molar-refractivity contribution < 1.29 is 0 Å². The van der Waals surface area contributed by atoms with Crippen LogP contribution in [0, 0.1) is 0 Å². The molecule has 0 aliphatic heterocycles. The second-order valence-corrected chi connectivity index (χ2v) is 4.30. The highest BCUT2D eigenvalue weighted by Gasteiger charge is 2.29. The smallest absolute Gasteiger partial charge is 0.0317 e. The van der Waals surface area contributed by atoms with Crippen LogP contribution in [-0.2, 0) is 11.8 Å². The van der Waals surface area contributed by atoms with Crippen LogP contribution in [-0.4, -0.2) is 0 Å². The van der Waals surface area contributed by atoms with Gasteiger partial charge in [0.1, 0.15) is 0 Å². The molecule has 1 aliphatic rings. The van der Waals surface area contributed by atoms with Gasteiger partial charge in [0.05, 0.1) is 0 Å². The van der Waals surface area contributed by atoms with Crippen molar-refractivity contribution in [3.05, 3.63) is 29.3 Å². The molecule has 1 aliphatic carbocycles. The first-order chi connectivity index (χ1) is 5.59. The zero-order valence-corrected chi connectivity index (χ0v) is 7.72. The maximum absolute atomic E-state index is 5.75. The van der Waals surface area contributed by atoms with Crippen molar-refractivity contribution in [2.45, 2.75) is 32.1 Å². The average molecular weight is 161 g/mol. The summed E-state index contributed by atoms with van der Waals surface area (Å²) in [6.45, 7) is 4.58. The van der Waals surface area contributed by atoms with E-state index in [2.05, 4.69) is 26.0 Å². The molecule has 1 nitrogen and oxygen atoms in total. The third kappa shape index (κ3) is 1.01. The van der Waals surface area contributed by atoms with Crippen LogP contribution in [0.1, 0.15) is 31.4 Å². The molecule has 2 rings (SSSR count). The first-order valence-electron chi connectivity index (χ1n) is 4.48. The Balaban J connectivity index is 2.57. The van der Waals surface area contributed by atoms with Crippen molar-refractivity contribution in [1.29, 1.82) is 0 Å². The fraction of sp³-hybridized carbons (Fsp3) is 0.455. The Morgan fingerprint density at radius 3 is 2.83 bits per heavy atom. The number of hydrogen-bond donors (Lipinski definition) is 1. The van der Waals surface area contributed by atoms with Crippen molar-refractivity contribution in [2.75, 3.05) is 5.73 Å². The number of benzene rings is 1. The SMILES string of the molecule is CC1(C)CCc2ccc(N)cc21. The van der Waals surface area contributed by atoms with Crippen LogP contribution < -0.4 is 5.73 Å². The summed E-state index contributed by atoms with van der Waals surface area (Å²) in [5, 5.41) is 0. The van der Waals surface area contributed by atoms with E-state index < -0.39 is 0 Å². The molecule has 0 heterocycles. The van der Waals surface area contributed by atoms with Gasteiger partial charge in [-0.3, -0.25) is 0 Å². The number of rotatable bonds is 0. The minimum atomic E-state index is 0.338. The third-order valence-electron chi connectivity index (χ3n) is 2.88. The Hall–Kier alpha value is -0.980. The number of fused-ring (bicyclic) bond motifs is 1. The quantitative estimate of drug-likeness (QED) is 0.581. The molecular weight excluding hydrogens is 146 g/mol. The molecule has 2 N–H and O–H groups in total. The monoisotopic (exact) mass is 161 g/mol. The Morgan fingerprint density at radius 1 is 1.33 bits per heavy atom. The van der Waals surface area contributed by atoms with E-state index in [0.717, 1.165) is 5.69 Å². The van der Waals surface area contributed by atoms with Gasteiger partial charge in [0, 0.05) is 5.69 Å². The lowest BCUT2D eigenvalue weighted by Crippen LogP contribution is -2.11. The summed E-state index contributed by atoms with van der Waals surface area (Å²) in [4.78, 5) is 0. The molecule has 0 amide bonds. The number of aryl methyl sites for hydroxylation is 1. The van der Waals surface area contributed by atoms with E-state index in [9.17, 15) is 0 Å². The molecule has 0 aromatic heterocycles. The predicted octanol–water partition coefficient (Wildman–Crippen LogP) is 2.49. The van der Waals surface area contributed by atoms with Crippen LogP contribution in [0.3, 0.4) is 0 Å². The summed E-state index contributed by atoms with van der Waals surface area (Å²) in [5.41, 5.74) is 9.91. The van der Waals surface area contributed by atoms with E-state index in [0.29, 0.717) is 5.41 Å². The van der Waals surface area contributed by atoms with Gasteiger partial charge in [0.15, 0.2) is 0 Å². The zero-order chi connectivity index (χ0) is 8.77. The fourth-order valence-corrected chi connectivity index (χ4v) is 2.02. The number of nitrogens with two attached hydrogens (primary N) is 1. The van der Waals surface area contributed by atoms with Crippen molar-refractivity contribution in [3.8, 4) is 0 Å². The van der Waals surface area contributed by atoms with E-state index in [1.165, 1.54) is 24.0 Å². The lowest BCUT2D eigenvalue weighted by atomic mass is 9.86. The van der Waals surface area contributed by atoms with Crippen LogP contribution in [0.15, 0.2) is 18.2 Å². The lowest BCUT2D eigenvalue weighted by molar-refractivity contribution is 0.522. The average Bonchev–Trinajstić information content (AvgIpc) is 2.28. The summed E-state index contributed by atoms with van der Waals surface area (Å²) < 4.78 is 0. The van der Waals surface area contributed by atoms with Gasteiger partial charge in [-0.2, -0.15) is 0 Å². The van der Waals surface area contributed by atoms with Gasteiger partial charge in [-0.15, -0.1) is 0 Å². The molecule has 0 atom stereocenters. The van der Waals surface area contributed by atoms with Gasteiger partial charge < -0.3 is 5.73 Å². The van der Waals surface area contributed by atoms with Gasteiger partial charge in [-0.1, -0.05) is 19.9 Å². The largest absolute Gasteiger partial charge is 0.399 e. The third-order valence-corrected chi connectivity index (χ3v) is 2.88. The summed E-state index contributed by atoms with van der Waals surface area (Å²) >= 11 is 0. The molecule has 0 fully saturated rings. The Bertz CT molecular complexity index is 313. The molecule has 0 bridgehead atoms. The molecule has 0 unspecified atom stereocenters. The van der Waals surface area contributed by atoms with Crippen molar-refractivity contribution >= 4 is 5.69 Å². The lowest BCUT2D eigenvalue weighted by Gasteiger charge is -2.18. The molecule has 1 heteroatoms. The van der Waals surface area contributed by atoms with Gasteiger partial charge in [0.25, 0.3) is 0 Å². The van der Waals surface area contributed by atoms with Crippen LogP contribution in [0.4, 0.5) is 5.69 Å². The highest BCUT2D eigenvalue weighted by molar-refractivity contribution is 5.49. The first kappa shape index (κ1) is 7.66. The van der Waals surface area contributed by atoms with E-state index >= 15 is 0 Å². The van der Waals surface area contributed by atoms with Gasteiger partial charge in [-0.05, 0) is 41.5 Å². The van der Waals surface area contributed by atoms with Crippen molar-refractivity contribution in [1.82, 2.24) is 0 Å². The number of anilines is 1. The van der Waals surface area contributed by atoms with Gasteiger partial charge in [-0.25, -0.2) is 0 Å². The summed E-state index contributed by atoms with van der Waals surface area (Å²) in [7, 11) is 0. The molecule has 1 aromatic carbocycles. The second-order valence-electron chi connectivity index (χ2n) is 4.30. The van der Waals surface area contributed by atoms with E-state index in [1.54, 1.807) is 0 Å². The van der Waals surface area contributed by atoms with Crippen LogP contribution in [0.5, 0.6) is 0 Å². The molecule has 1 aromatic rings. The molecule has 12 heavy (non-hydrogen) atoms. The predicted molar refractivity (Wildman–Crippen MR) is 52.2 cm³/mol. The van der Waals surface area contributed by atoms with Gasteiger partial charge in [0.2, 0.25) is 0 Å². The fourth-order valence-electron chi connectivity index (χ4n) is 2.02. The zero-order valence-electron chi connectivity index (χ0n) is 7.72. The Morgan fingerprint density at radius 2 is 2.08 bits per heavy atom. The summed E-state index contributed by atoms with van der Waals surface area (Å²) in [6, 6.07) is 6.29. The minimum Gasteiger partial charge on any atom is -0.399 e. The normalized spacial score (nSPS) is 19.2. The van der Waals surface area contributed by atoms with Crippen LogP contribution in [0.2, 0.25) is 0 Å². The summed E-state index contributed by atoms with van der Waals surface area (Å²) in [5.74, 6) is 0. The van der Waals surface area contributed by atoms with Crippen LogP contribution >= 0.6 is 0 Å². The number of nitrogen functional groups attached to an aromatic ring is 1. The van der Waals surface area contributed by atoms with E-state index in [1.807, 2.05) is 6.07 Å². The minimum absolute atomic E-state index is 0.338.